The summed E-state index contributed by atoms with van der Waals surface area (Å²) in [5, 5.41) is 10.6. The van der Waals surface area contributed by atoms with Gasteiger partial charge in [-0.05, 0) is 31.9 Å². The van der Waals surface area contributed by atoms with E-state index in [0.29, 0.717) is 0 Å². The van der Waals surface area contributed by atoms with Gasteiger partial charge in [0.15, 0.2) is 0 Å². The van der Waals surface area contributed by atoms with Crippen molar-refractivity contribution >= 4 is 11.9 Å². The van der Waals surface area contributed by atoms with Crippen LogP contribution in [0, 0.1) is 20.8 Å². The molecule has 1 amide bonds. The van der Waals surface area contributed by atoms with Gasteiger partial charge in [0.25, 0.3) is 0 Å². The molecule has 1 aromatic rings. The summed E-state index contributed by atoms with van der Waals surface area (Å²) in [6.07, 6.45) is 0. The molecule has 0 unspecified atom stereocenters. The number of hydrogen-bond acceptors (Lipinski definition) is 3. The van der Waals surface area contributed by atoms with Crippen LogP contribution in [0.5, 0.6) is 5.75 Å². The van der Waals surface area contributed by atoms with E-state index >= 15 is 0 Å². The van der Waals surface area contributed by atoms with Crippen molar-refractivity contribution in [3.05, 3.63) is 28.8 Å². The van der Waals surface area contributed by atoms with Crippen LogP contribution in [0.2, 0.25) is 0 Å². The first-order valence-electron chi connectivity index (χ1n) is 5.63. The van der Waals surface area contributed by atoms with Gasteiger partial charge in [-0.3, -0.25) is 4.79 Å². The van der Waals surface area contributed by atoms with Crippen molar-refractivity contribution in [1.82, 2.24) is 5.32 Å². The molecule has 0 fully saturated rings. The monoisotopic (exact) mass is 251 g/mol. The minimum atomic E-state index is -1.49. The lowest BCUT2D eigenvalue weighted by molar-refractivity contribution is -0.150. The Labute approximate surface area is 106 Å². The highest BCUT2D eigenvalue weighted by Gasteiger charge is 2.10. The van der Waals surface area contributed by atoms with Crippen LogP contribution in [0.15, 0.2) is 12.1 Å². The summed E-state index contributed by atoms with van der Waals surface area (Å²) in [7, 11) is 0. The maximum absolute atomic E-state index is 10.8. The lowest BCUT2D eigenvalue weighted by Gasteiger charge is -2.13. The van der Waals surface area contributed by atoms with Gasteiger partial charge in [0.05, 0.1) is 6.54 Å². The molecular weight excluding hydrogens is 234 g/mol. The van der Waals surface area contributed by atoms with Crippen LogP contribution < -0.4 is 10.1 Å². The number of benzene rings is 1. The van der Waals surface area contributed by atoms with Gasteiger partial charge in [0.1, 0.15) is 12.4 Å². The average Bonchev–Trinajstić information content (AvgIpc) is 2.26. The fourth-order valence-corrected chi connectivity index (χ4v) is 1.79. The third-order valence-corrected chi connectivity index (χ3v) is 2.43. The fourth-order valence-electron chi connectivity index (χ4n) is 1.79. The molecular formula is C13H17NO4. The Morgan fingerprint density at radius 2 is 1.78 bits per heavy atom. The first kappa shape index (κ1) is 14.0. The van der Waals surface area contributed by atoms with E-state index in [1.165, 1.54) is 0 Å². The number of carboxylic acid groups (broad SMARTS) is 1. The molecule has 0 aromatic heterocycles. The van der Waals surface area contributed by atoms with E-state index in [-0.39, 0.29) is 13.2 Å². The standard InChI is InChI=1S/C13H17NO4/c1-8-6-9(2)11(10(3)7-8)18-5-4-14-12(15)13(16)17/h6-7H,4-5H2,1-3H3,(H,14,15)(H,16,17). The van der Waals surface area contributed by atoms with E-state index in [9.17, 15) is 9.59 Å². The molecule has 0 aliphatic rings. The molecule has 5 heteroatoms. The van der Waals surface area contributed by atoms with Gasteiger partial charge in [-0.15, -0.1) is 0 Å². The number of amides is 1. The first-order chi connectivity index (χ1) is 8.41. The third-order valence-electron chi connectivity index (χ3n) is 2.43. The Morgan fingerprint density at radius 3 is 2.28 bits per heavy atom. The summed E-state index contributed by atoms with van der Waals surface area (Å²) in [4.78, 5) is 21.0. The lowest BCUT2D eigenvalue weighted by Crippen LogP contribution is -2.33. The number of ether oxygens (including phenoxy) is 1. The van der Waals surface area contributed by atoms with Crippen LogP contribution in [0.3, 0.4) is 0 Å². The normalized spacial score (nSPS) is 9.94. The molecule has 0 saturated carbocycles. The summed E-state index contributed by atoms with van der Waals surface area (Å²) in [6.45, 7) is 6.31. The molecule has 0 bridgehead atoms. The SMILES string of the molecule is Cc1cc(C)c(OCCNC(=O)C(=O)O)c(C)c1. The van der Waals surface area contributed by atoms with Crippen LogP contribution in [0.1, 0.15) is 16.7 Å². The van der Waals surface area contributed by atoms with Crippen molar-refractivity contribution in [3.63, 3.8) is 0 Å². The molecule has 1 aromatic carbocycles. The van der Waals surface area contributed by atoms with Crippen molar-refractivity contribution < 1.29 is 19.4 Å². The molecule has 18 heavy (non-hydrogen) atoms. The highest BCUT2D eigenvalue weighted by atomic mass is 16.5. The molecule has 0 saturated heterocycles. The van der Waals surface area contributed by atoms with Gasteiger partial charge in [0.2, 0.25) is 0 Å². The molecule has 2 N–H and O–H groups in total. The van der Waals surface area contributed by atoms with Gasteiger partial charge in [0, 0.05) is 0 Å². The van der Waals surface area contributed by atoms with Gasteiger partial charge in [-0.1, -0.05) is 17.7 Å². The number of rotatable bonds is 4. The number of carbonyl (C=O) groups is 2. The Balaban J connectivity index is 2.50. The molecule has 98 valence electrons. The molecule has 0 radical (unpaired) electrons. The van der Waals surface area contributed by atoms with Gasteiger partial charge < -0.3 is 15.2 Å². The topological polar surface area (TPSA) is 75.6 Å². The zero-order valence-electron chi connectivity index (χ0n) is 10.7. The number of carbonyl (C=O) groups excluding carboxylic acids is 1. The highest BCUT2D eigenvalue weighted by Crippen LogP contribution is 2.24. The smallest absolute Gasteiger partial charge is 0.394 e. The van der Waals surface area contributed by atoms with Crippen LogP contribution in [0.25, 0.3) is 0 Å². The minimum absolute atomic E-state index is 0.165. The first-order valence-corrected chi connectivity index (χ1v) is 5.63. The van der Waals surface area contributed by atoms with Crippen molar-refractivity contribution in [2.24, 2.45) is 0 Å². The second kappa shape index (κ2) is 6.05. The van der Waals surface area contributed by atoms with Crippen LogP contribution >= 0.6 is 0 Å². The summed E-state index contributed by atoms with van der Waals surface area (Å²) in [5.74, 6) is -1.72. The Kier molecular flexibility index (Phi) is 4.71. The molecule has 0 aliphatic carbocycles. The van der Waals surface area contributed by atoms with Crippen LogP contribution in [0.4, 0.5) is 0 Å². The zero-order valence-corrected chi connectivity index (χ0v) is 10.7. The second-order valence-corrected chi connectivity index (χ2v) is 4.14. The Bertz CT molecular complexity index is 445. The molecule has 0 aliphatic heterocycles. The predicted molar refractivity (Wildman–Crippen MR) is 66.8 cm³/mol. The van der Waals surface area contributed by atoms with Crippen LogP contribution in [-0.2, 0) is 9.59 Å². The molecule has 0 heterocycles. The summed E-state index contributed by atoms with van der Waals surface area (Å²) in [6, 6.07) is 4.02. The van der Waals surface area contributed by atoms with E-state index in [1.54, 1.807) is 0 Å². The quantitative estimate of drug-likeness (QED) is 0.622. The lowest BCUT2D eigenvalue weighted by atomic mass is 10.1. The average molecular weight is 251 g/mol. The number of nitrogens with one attached hydrogen (secondary N) is 1. The van der Waals surface area contributed by atoms with Gasteiger partial charge >= 0.3 is 11.9 Å². The summed E-state index contributed by atoms with van der Waals surface area (Å²) in [5.41, 5.74) is 3.21. The van der Waals surface area contributed by atoms with Gasteiger partial charge in [-0.25, -0.2) is 4.79 Å². The summed E-state index contributed by atoms with van der Waals surface area (Å²) >= 11 is 0. The molecule has 1 rings (SSSR count). The number of aryl methyl sites for hydroxylation is 3. The number of carboxylic acids is 1. The van der Waals surface area contributed by atoms with Crippen LogP contribution in [-0.4, -0.2) is 30.1 Å². The van der Waals surface area contributed by atoms with E-state index in [4.69, 9.17) is 9.84 Å². The Hall–Kier alpha value is -2.04. The molecule has 0 atom stereocenters. The summed E-state index contributed by atoms with van der Waals surface area (Å²) < 4.78 is 5.55. The Morgan fingerprint density at radius 1 is 1.22 bits per heavy atom. The van der Waals surface area contributed by atoms with E-state index in [0.717, 1.165) is 22.4 Å². The fraction of sp³-hybridized carbons (Fsp3) is 0.385. The van der Waals surface area contributed by atoms with Crippen molar-refractivity contribution in [3.8, 4) is 5.75 Å². The third kappa shape index (κ3) is 3.76. The van der Waals surface area contributed by atoms with Gasteiger partial charge in [-0.2, -0.15) is 0 Å². The minimum Gasteiger partial charge on any atom is -0.491 e. The van der Waals surface area contributed by atoms with E-state index in [1.807, 2.05) is 32.9 Å². The number of hydrogen-bond donors (Lipinski definition) is 2. The van der Waals surface area contributed by atoms with E-state index in [2.05, 4.69) is 5.32 Å². The van der Waals surface area contributed by atoms with Crippen molar-refractivity contribution in [2.45, 2.75) is 20.8 Å². The van der Waals surface area contributed by atoms with E-state index < -0.39 is 11.9 Å². The molecule has 0 spiro atoms. The maximum Gasteiger partial charge on any atom is 0.394 e. The largest absolute Gasteiger partial charge is 0.491 e. The van der Waals surface area contributed by atoms with Crippen molar-refractivity contribution in [2.75, 3.05) is 13.2 Å². The maximum atomic E-state index is 10.8. The number of aliphatic carboxylic acids is 1. The molecule has 5 nitrogen and oxygen atoms in total. The van der Waals surface area contributed by atoms with Crippen molar-refractivity contribution in [1.29, 1.82) is 0 Å². The second-order valence-electron chi connectivity index (χ2n) is 4.14. The predicted octanol–water partition coefficient (Wildman–Crippen LogP) is 1.19. The highest BCUT2D eigenvalue weighted by molar-refractivity contribution is 6.31. The zero-order chi connectivity index (χ0) is 13.7.